The van der Waals surface area contributed by atoms with Crippen molar-refractivity contribution < 1.29 is 19.3 Å². The van der Waals surface area contributed by atoms with Gasteiger partial charge in [0, 0.05) is 0 Å². The predicted octanol–water partition coefficient (Wildman–Crippen LogP) is -0.0756. The summed E-state index contributed by atoms with van der Waals surface area (Å²) in [5.74, 6) is 0. The second kappa shape index (κ2) is 6.14. The highest BCUT2D eigenvalue weighted by atomic mass is 16.7. The summed E-state index contributed by atoms with van der Waals surface area (Å²) in [6.07, 6.45) is 3.72. The summed E-state index contributed by atoms with van der Waals surface area (Å²) in [5, 5.41) is 8.51. The van der Waals surface area contributed by atoms with E-state index in [9.17, 15) is 0 Å². The molecular formula is C8H14O4. The topological polar surface area (TPSA) is 47.9 Å². The maximum Gasteiger partial charge on any atom is 0.147 e. The van der Waals surface area contributed by atoms with Crippen LogP contribution in [-0.2, 0) is 14.2 Å². The highest BCUT2D eigenvalue weighted by Crippen LogP contribution is 1.99. The Morgan fingerprint density at radius 1 is 1.50 bits per heavy atom. The normalized spacial score (nSPS) is 27.6. The average molecular weight is 174 g/mol. The Kier molecular flexibility index (Phi) is 4.94. The van der Waals surface area contributed by atoms with Gasteiger partial charge in [0.2, 0.25) is 0 Å². The lowest BCUT2D eigenvalue weighted by molar-refractivity contribution is -0.0838. The summed E-state index contributed by atoms with van der Waals surface area (Å²) in [7, 11) is 0. The highest BCUT2D eigenvalue weighted by molar-refractivity contribution is 4.90. The van der Waals surface area contributed by atoms with E-state index in [4.69, 9.17) is 19.3 Å². The predicted molar refractivity (Wildman–Crippen MR) is 42.7 cm³/mol. The quantitative estimate of drug-likeness (QED) is 0.608. The fourth-order valence-electron chi connectivity index (χ4n) is 0.910. The van der Waals surface area contributed by atoms with E-state index in [1.165, 1.54) is 0 Å². The second-order valence-electron chi connectivity index (χ2n) is 2.42. The molecule has 1 aliphatic rings. The maximum absolute atomic E-state index is 8.51. The van der Waals surface area contributed by atoms with Crippen LogP contribution in [0.4, 0.5) is 0 Å². The standard InChI is InChI=1S/C8H14O4/c9-3-5-12-8-2-1-4-10-7-11-6-8/h1-2,8-9H,3-7H2/b2-1+. The van der Waals surface area contributed by atoms with Gasteiger partial charge in [-0.05, 0) is 0 Å². The zero-order valence-electron chi connectivity index (χ0n) is 6.94. The van der Waals surface area contributed by atoms with Crippen LogP contribution in [0.1, 0.15) is 0 Å². The number of aliphatic hydroxyl groups excluding tert-OH is 1. The smallest absolute Gasteiger partial charge is 0.147 e. The van der Waals surface area contributed by atoms with Gasteiger partial charge in [0.25, 0.3) is 0 Å². The number of aliphatic hydroxyl groups is 1. The van der Waals surface area contributed by atoms with E-state index in [0.717, 1.165) is 0 Å². The van der Waals surface area contributed by atoms with Crippen LogP contribution in [0.3, 0.4) is 0 Å². The molecule has 0 radical (unpaired) electrons. The van der Waals surface area contributed by atoms with Crippen LogP contribution in [-0.4, -0.2) is 44.4 Å². The summed E-state index contributed by atoms with van der Waals surface area (Å²) in [6.45, 7) is 1.73. The molecule has 0 aliphatic carbocycles. The van der Waals surface area contributed by atoms with Gasteiger partial charge in [-0.1, -0.05) is 12.2 Å². The zero-order valence-corrected chi connectivity index (χ0v) is 6.94. The molecule has 70 valence electrons. The number of rotatable bonds is 3. The van der Waals surface area contributed by atoms with Crippen molar-refractivity contribution in [1.29, 1.82) is 0 Å². The van der Waals surface area contributed by atoms with Gasteiger partial charge >= 0.3 is 0 Å². The molecule has 12 heavy (non-hydrogen) atoms. The molecule has 0 saturated heterocycles. The van der Waals surface area contributed by atoms with E-state index in [1.54, 1.807) is 0 Å². The number of hydrogen-bond acceptors (Lipinski definition) is 4. The monoisotopic (exact) mass is 174 g/mol. The third kappa shape index (κ3) is 3.82. The van der Waals surface area contributed by atoms with Gasteiger partial charge in [0.1, 0.15) is 6.79 Å². The summed E-state index contributed by atoms with van der Waals surface area (Å²) < 4.78 is 15.4. The van der Waals surface area contributed by atoms with Crippen LogP contribution in [0, 0.1) is 0 Å². The molecule has 1 unspecified atom stereocenters. The molecule has 0 aromatic heterocycles. The maximum atomic E-state index is 8.51. The largest absolute Gasteiger partial charge is 0.394 e. The van der Waals surface area contributed by atoms with Gasteiger partial charge in [0.15, 0.2) is 0 Å². The SMILES string of the molecule is OCCOC1/C=C/COCOC1. The van der Waals surface area contributed by atoms with Gasteiger partial charge < -0.3 is 19.3 Å². The molecule has 0 aromatic carbocycles. The molecule has 0 saturated carbocycles. The first-order chi connectivity index (χ1) is 5.93. The van der Waals surface area contributed by atoms with Crippen LogP contribution in [0.25, 0.3) is 0 Å². The third-order valence-corrected chi connectivity index (χ3v) is 1.44. The van der Waals surface area contributed by atoms with E-state index in [0.29, 0.717) is 26.6 Å². The van der Waals surface area contributed by atoms with E-state index in [-0.39, 0.29) is 12.7 Å². The van der Waals surface area contributed by atoms with Gasteiger partial charge in [0.05, 0.1) is 32.5 Å². The van der Waals surface area contributed by atoms with Crippen LogP contribution < -0.4 is 0 Å². The first-order valence-corrected chi connectivity index (χ1v) is 3.98. The summed E-state index contributed by atoms with van der Waals surface area (Å²) in [4.78, 5) is 0. The molecule has 1 aliphatic heterocycles. The molecular weight excluding hydrogens is 160 g/mol. The van der Waals surface area contributed by atoms with E-state index in [1.807, 2.05) is 12.2 Å². The van der Waals surface area contributed by atoms with Crippen molar-refractivity contribution in [1.82, 2.24) is 0 Å². The summed E-state index contributed by atoms with van der Waals surface area (Å²) >= 11 is 0. The lowest BCUT2D eigenvalue weighted by Crippen LogP contribution is -2.22. The number of hydrogen-bond donors (Lipinski definition) is 1. The van der Waals surface area contributed by atoms with Crippen LogP contribution in [0.5, 0.6) is 0 Å². The van der Waals surface area contributed by atoms with Gasteiger partial charge in [-0.2, -0.15) is 0 Å². The van der Waals surface area contributed by atoms with Crippen molar-refractivity contribution in [2.75, 3.05) is 33.2 Å². The van der Waals surface area contributed by atoms with Crippen molar-refractivity contribution in [2.45, 2.75) is 6.10 Å². The minimum Gasteiger partial charge on any atom is -0.394 e. The van der Waals surface area contributed by atoms with Crippen LogP contribution in [0.15, 0.2) is 12.2 Å². The second-order valence-corrected chi connectivity index (χ2v) is 2.42. The summed E-state index contributed by atoms with van der Waals surface area (Å²) in [6, 6.07) is 0. The lowest BCUT2D eigenvalue weighted by Gasteiger charge is -2.15. The lowest BCUT2D eigenvalue weighted by atomic mass is 10.3. The van der Waals surface area contributed by atoms with Gasteiger partial charge in [-0.25, -0.2) is 0 Å². The average Bonchev–Trinajstić information content (AvgIpc) is 2.02. The van der Waals surface area contributed by atoms with Crippen LogP contribution in [0.2, 0.25) is 0 Å². The molecule has 0 aromatic rings. The molecule has 4 heteroatoms. The van der Waals surface area contributed by atoms with E-state index in [2.05, 4.69) is 0 Å². The molecule has 1 rings (SSSR count). The molecule has 1 heterocycles. The molecule has 4 nitrogen and oxygen atoms in total. The minimum atomic E-state index is -0.0546. The fraction of sp³-hybridized carbons (Fsp3) is 0.750. The van der Waals surface area contributed by atoms with Gasteiger partial charge in [-0.3, -0.25) is 0 Å². The molecule has 1 atom stereocenters. The van der Waals surface area contributed by atoms with Gasteiger partial charge in [-0.15, -0.1) is 0 Å². The summed E-state index contributed by atoms with van der Waals surface area (Å²) in [5.41, 5.74) is 0. The van der Waals surface area contributed by atoms with Crippen molar-refractivity contribution in [2.24, 2.45) is 0 Å². The minimum absolute atomic E-state index is 0.0425. The molecule has 0 amide bonds. The molecule has 0 spiro atoms. The third-order valence-electron chi connectivity index (χ3n) is 1.44. The van der Waals surface area contributed by atoms with Crippen molar-refractivity contribution in [3.05, 3.63) is 12.2 Å². The molecule has 1 N–H and O–H groups in total. The van der Waals surface area contributed by atoms with E-state index < -0.39 is 0 Å². The Balaban J connectivity index is 2.23. The Bertz CT molecular complexity index is 135. The Hall–Kier alpha value is -0.420. The first-order valence-electron chi connectivity index (χ1n) is 3.98. The number of ether oxygens (including phenoxy) is 3. The van der Waals surface area contributed by atoms with Crippen molar-refractivity contribution in [3.63, 3.8) is 0 Å². The Morgan fingerprint density at radius 3 is 3.25 bits per heavy atom. The zero-order chi connectivity index (χ0) is 8.65. The Morgan fingerprint density at radius 2 is 2.42 bits per heavy atom. The highest BCUT2D eigenvalue weighted by Gasteiger charge is 2.06. The molecule has 0 fully saturated rings. The Labute approximate surface area is 71.7 Å². The fourth-order valence-corrected chi connectivity index (χ4v) is 0.910. The van der Waals surface area contributed by atoms with E-state index >= 15 is 0 Å². The molecule has 0 bridgehead atoms. The van der Waals surface area contributed by atoms with Crippen LogP contribution >= 0.6 is 0 Å². The first kappa shape index (κ1) is 9.67. The van der Waals surface area contributed by atoms with Crippen molar-refractivity contribution in [3.8, 4) is 0 Å². The van der Waals surface area contributed by atoms with Crippen molar-refractivity contribution >= 4 is 0 Å².